The summed E-state index contributed by atoms with van der Waals surface area (Å²) in [6, 6.07) is -1.49. The zero-order valence-corrected chi connectivity index (χ0v) is 8.56. The summed E-state index contributed by atoms with van der Waals surface area (Å²) in [5, 5.41) is 11.4. The van der Waals surface area contributed by atoms with Crippen LogP contribution in [0.25, 0.3) is 0 Å². The van der Waals surface area contributed by atoms with Gasteiger partial charge in [0.2, 0.25) is 0 Å². The van der Waals surface area contributed by atoms with Crippen LogP contribution in [0.15, 0.2) is 0 Å². The number of rotatable bonds is 2. The average molecular weight is 210 g/mol. The van der Waals surface area contributed by atoms with Gasteiger partial charge in [0.05, 0.1) is 6.04 Å². The van der Waals surface area contributed by atoms with Crippen molar-refractivity contribution in [3.8, 4) is 12.3 Å². The molecule has 1 rings (SSSR count). The van der Waals surface area contributed by atoms with Crippen molar-refractivity contribution >= 4 is 12.0 Å². The molecule has 0 aromatic carbocycles. The Kier molecular flexibility index (Phi) is 3.56. The molecule has 0 bridgehead atoms. The van der Waals surface area contributed by atoms with Crippen molar-refractivity contribution in [2.24, 2.45) is 0 Å². The van der Waals surface area contributed by atoms with Gasteiger partial charge in [0.15, 0.2) is 0 Å². The fourth-order valence-electron chi connectivity index (χ4n) is 1.58. The summed E-state index contributed by atoms with van der Waals surface area (Å²) >= 11 is 0. The minimum atomic E-state index is -0.962. The lowest BCUT2D eigenvalue weighted by Crippen LogP contribution is -2.48. The summed E-state index contributed by atoms with van der Waals surface area (Å²) in [6.07, 6.45) is 6.34. The highest BCUT2D eigenvalue weighted by Gasteiger charge is 2.34. The lowest BCUT2D eigenvalue weighted by Gasteiger charge is -2.22. The van der Waals surface area contributed by atoms with E-state index >= 15 is 0 Å². The Morgan fingerprint density at radius 1 is 1.67 bits per heavy atom. The molecule has 2 unspecified atom stereocenters. The number of carboxylic acid groups (broad SMARTS) is 1. The van der Waals surface area contributed by atoms with Crippen molar-refractivity contribution < 1.29 is 14.7 Å². The molecule has 15 heavy (non-hydrogen) atoms. The van der Waals surface area contributed by atoms with Gasteiger partial charge >= 0.3 is 12.0 Å². The van der Waals surface area contributed by atoms with E-state index in [1.807, 2.05) is 0 Å². The monoisotopic (exact) mass is 210 g/mol. The Morgan fingerprint density at radius 3 is 2.87 bits per heavy atom. The third kappa shape index (κ3) is 2.62. The molecule has 5 heteroatoms. The fraction of sp³-hybridized carbons (Fsp3) is 0.600. The van der Waals surface area contributed by atoms with Crippen LogP contribution in [0.3, 0.4) is 0 Å². The molecule has 0 aliphatic carbocycles. The van der Waals surface area contributed by atoms with Crippen LogP contribution in [0.2, 0.25) is 0 Å². The Bertz CT molecular complexity index is 308. The molecular weight excluding hydrogens is 196 g/mol. The number of hydrogen-bond acceptors (Lipinski definition) is 2. The first-order valence-corrected chi connectivity index (χ1v) is 4.82. The summed E-state index contributed by atoms with van der Waals surface area (Å²) < 4.78 is 0. The van der Waals surface area contributed by atoms with Crippen LogP contribution in [-0.2, 0) is 4.79 Å². The zero-order chi connectivity index (χ0) is 11.4. The zero-order valence-electron chi connectivity index (χ0n) is 8.56. The highest BCUT2D eigenvalue weighted by atomic mass is 16.4. The highest BCUT2D eigenvalue weighted by molar-refractivity contribution is 5.83. The average Bonchev–Trinajstić information content (AvgIpc) is 2.65. The number of terminal acetylenes is 1. The maximum Gasteiger partial charge on any atom is 0.326 e. The van der Waals surface area contributed by atoms with Crippen molar-refractivity contribution in [3.05, 3.63) is 0 Å². The van der Waals surface area contributed by atoms with Gasteiger partial charge in [-0.2, -0.15) is 0 Å². The van der Waals surface area contributed by atoms with E-state index in [0.29, 0.717) is 13.0 Å². The second-order valence-corrected chi connectivity index (χ2v) is 3.53. The Morgan fingerprint density at radius 2 is 2.33 bits per heavy atom. The molecule has 82 valence electrons. The number of aliphatic carboxylic acids is 1. The summed E-state index contributed by atoms with van der Waals surface area (Å²) in [5.41, 5.74) is 0. The van der Waals surface area contributed by atoms with Gasteiger partial charge in [-0.1, -0.05) is 5.92 Å². The van der Waals surface area contributed by atoms with E-state index < -0.39 is 18.0 Å². The first kappa shape index (κ1) is 11.4. The highest BCUT2D eigenvalue weighted by Crippen LogP contribution is 2.17. The number of amides is 2. The minimum absolute atomic E-state index is 0.382. The topological polar surface area (TPSA) is 69.6 Å². The Balaban J connectivity index is 2.59. The SMILES string of the molecule is C#CC(C)NC(=O)N1CCCC1C(=O)O. The van der Waals surface area contributed by atoms with Gasteiger partial charge in [-0.15, -0.1) is 6.42 Å². The molecule has 0 aromatic heterocycles. The lowest BCUT2D eigenvalue weighted by molar-refractivity contribution is -0.141. The molecule has 5 nitrogen and oxygen atoms in total. The van der Waals surface area contributed by atoms with Gasteiger partial charge in [0.1, 0.15) is 6.04 Å². The molecule has 1 aliphatic rings. The number of nitrogens with zero attached hydrogens (tertiary/aromatic N) is 1. The van der Waals surface area contributed by atoms with Crippen molar-refractivity contribution in [1.82, 2.24) is 10.2 Å². The fourth-order valence-corrected chi connectivity index (χ4v) is 1.58. The second-order valence-electron chi connectivity index (χ2n) is 3.53. The molecule has 1 heterocycles. The molecule has 2 atom stereocenters. The van der Waals surface area contributed by atoms with Gasteiger partial charge in [0, 0.05) is 6.54 Å². The van der Waals surface area contributed by atoms with E-state index in [1.165, 1.54) is 4.90 Å². The summed E-state index contributed by atoms with van der Waals surface area (Å²) in [6.45, 7) is 2.14. The molecule has 2 amide bonds. The van der Waals surface area contributed by atoms with E-state index in [9.17, 15) is 9.59 Å². The Labute approximate surface area is 88.4 Å². The number of likely N-dealkylation sites (tertiary alicyclic amines) is 1. The van der Waals surface area contributed by atoms with E-state index in [1.54, 1.807) is 6.92 Å². The summed E-state index contributed by atoms with van der Waals surface area (Å²) in [5.74, 6) is 1.40. The van der Waals surface area contributed by atoms with Crippen LogP contribution in [-0.4, -0.2) is 40.6 Å². The molecule has 1 aliphatic heterocycles. The standard InChI is InChI=1S/C10H14N2O3/c1-3-7(2)11-10(15)12-6-4-5-8(12)9(13)14/h1,7-8H,4-6H2,2H3,(H,11,15)(H,13,14). The first-order chi connectivity index (χ1) is 7.06. The number of nitrogens with one attached hydrogen (secondary N) is 1. The predicted octanol–water partition coefficient (Wildman–Crippen LogP) is 0.267. The van der Waals surface area contributed by atoms with Gasteiger partial charge in [-0.05, 0) is 19.8 Å². The second kappa shape index (κ2) is 4.69. The van der Waals surface area contributed by atoms with Crippen LogP contribution in [0, 0.1) is 12.3 Å². The minimum Gasteiger partial charge on any atom is -0.480 e. The van der Waals surface area contributed by atoms with E-state index in [0.717, 1.165) is 6.42 Å². The number of carbonyl (C=O) groups excluding carboxylic acids is 1. The van der Waals surface area contributed by atoms with Gasteiger partial charge < -0.3 is 15.3 Å². The number of carbonyl (C=O) groups is 2. The van der Waals surface area contributed by atoms with Crippen molar-refractivity contribution in [3.63, 3.8) is 0 Å². The third-order valence-corrected chi connectivity index (χ3v) is 2.39. The first-order valence-electron chi connectivity index (χ1n) is 4.82. The molecule has 0 spiro atoms. The third-order valence-electron chi connectivity index (χ3n) is 2.39. The molecule has 1 saturated heterocycles. The van der Waals surface area contributed by atoms with Crippen LogP contribution < -0.4 is 5.32 Å². The molecule has 0 radical (unpaired) electrons. The lowest BCUT2D eigenvalue weighted by atomic mass is 10.2. The molecule has 2 N–H and O–H groups in total. The van der Waals surface area contributed by atoms with Crippen molar-refractivity contribution in [1.29, 1.82) is 0 Å². The number of carboxylic acids is 1. The van der Waals surface area contributed by atoms with Crippen LogP contribution >= 0.6 is 0 Å². The van der Waals surface area contributed by atoms with Crippen LogP contribution in [0.4, 0.5) is 4.79 Å². The molecular formula is C10H14N2O3. The summed E-state index contributed by atoms with van der Waals surface area (Å²) in [4.78, 5) is 23.7. The number of urea groups is 1. The van der Waals surface area contributed by atoms with E-state index in [4.69, 9.17) is 11.5 Å². The largest absolute Gasteiger partial charge is 0.480 e. The maximum atomic E-state index is 11.6. The van der Waals surface area contributed by atoms with E-state index in [-0.39, 0.29) is 6.04 Å². The Hall–Kier alpha value is -1.70. The maximum absolute atomic E-state index is 11.6. The van der Waals surface area contributed by atoms with Crippen molar-refractivity contribution in [2.75, 3.05) is 6.54 Å². The normalized spacial score (nSPS) is 21.9. The number of hydrogen-bond donors (Lipinski definition) is 2. The van der Waals surface area contributed by atoms with Crippen molar-refractivity contribution in [2.45, 2.75) is 31.8 Å². The van der Waals surface area contributed by atoms with Gasteiger partial charge in [-0.25, -0.2) is 9.59 Å². The molecule has 0 aromatic rings. The van der Waals surface area contributed by atoms with Gasteiger partial charge in [-0.3, -0.25) is 0 Å². The van der Waals surface area contributed by atoms with Crippen LogP contribution in [0.1, 0.15) is 19.8 Å². The molecule has 0 saturated carbocycles. The van der Waals surface area contributed by atoms with Gasteiger partial charge in [0.25, 0.3) is 0 Å². The predicted molar refractivity (Wildman–Crippen MR) is 54.2 cm³/mol. The smallest absolute Gasteiger partial charge is 0.326 e. The van der Waals surface area contributed by atoms with Crippen LogP contribution in [0.5, 0.6) is 0 Å². The molecule has 1 fully saturated rings. The van der Waals surface area contributed by atoms with E-state index in [2.05, 4.69) is 11.2 Å². The summed E-state index contributed by atoms with van der Waals surface area (Å²) in [7, 11) is 0. The quantitative estimate of drug-likeness (QED) is 0.642.